The van der Waals surface area contributed by atoms with Crippen LogP contribution in [0.3, 0.4) is 0 Å². The fraction of sp³-hybridized carbons (Fsp3) is 0.345. The minimum atomic E-state index is -0.0791. The van der Waals surface area contributed by atoms with Crippen molar-refractivity contribution in [3.05, 3.63) is 104 Å². The summed E-state index contributed by atoms with van der Waals surface area (Å²) in [4.78, 5) is 15.4. The first-order valence-corrected chi connectivity index (χ1v) is 13.8. The summed E-state index contributed by atoms with van der Waals surface area (Å²) in [5.41, 5.74) is 3.20. The predicted molar refractivity (Wildman–Crippen MR) is 152 cm³/mol. The van der Waals surface area contributed by atoms with Crippen LogP contribution in [0.5, 0.6) is 0 Å². The Bertz CT molecular complexity index is 1160. The number of hydrogen-bond donors (Lipinski definition) is 1. The summed E-state index contributed by atoms with van der Waals surface area (Å²) < 4.78 is 0. The highest BCUT2D eigenvalue weighted by Crippen LogP contribution is 2.25. The molecule has 36 heavy (non-hydrogen) atoms. The van der Waals surface area contributed by atoms with Gasteiger partial charge in [0.1, 0.15) is 0 Å². The first kappa shape index (κ1) is 27.3. The van der Waals surface area contributed by atoms with Crippen LogP contribution in [0.4, 0.5) is 0 Å². The third-order valence-corrected chi connectivity index (χ3v) is 8.07. The SMILES string of the molecule is O=C(Cc1ccc(Cl)c(Cl)c1)NC(Cc1ccc(Cl)cc1Cl)CN1CCC(Cc2ccccc2)CC1. The Morgan fingerprint density at radius 3 is 2.31 bits per heavy atom. The van der Waals surface area contributed by atoms with E-state index in [0.29, 0.717) is 32.4 Å². The molecule has 3 aromatic carbocycles. The number of halogens is 4. The molecule has 1 unspecified atom stereocenters. The van der Waals surface area contributed by atoms with E-state index in [1.807, 2.05) is 18.2 Å². The molecule has 0 bridgehead atoms. The zero-order valence-electron chi connectivity index (χ0n) is 20.0. The fourth-order valence-corrected chi connectivity index (χ4v) is 5.67. The molecule has 1 aliphatic heterocycles. The summed E-state index contributed by atoms with van der Waals surface area (Å²) in [5, 5.41) is 5.39. The summed E-state index contributed by atoms with van der Waals surface area (Å²) in [7, 11) is 0. The standard InChI is InChI=1S/C29H30Cl4N2O/c30-24-8-7-23(27(32)18-24)17-25(34-29(36)16-22-6-9-26(31)28(33)15-22)19-35-12-10-21(11-13-35)14-20-4-2-1-3-5-20/h1-9,15,18,21,25H,10-14,16-17,19H2,(H,34,36). The molecule has 0 saturated carbocycles. The van der Waals surface area contributed by atoms with Gasteiger partial charge in [-0.25, -0.2) is 0 Å². The van der Waals surface area contributed by atoms with E-state index < -0.39 is 0 Å². The Hall–Kier alpha value is -1.75. The van der Waals surface area contributed by atoms with E-state index in [9.17, 15) is 4.79 Å². The van der Waals surface area contributed by atoms with Crippen molar-refractivity contribution in [3.63, 3.8) is 0 Å². The average molecular weight is 564 g/mol. The summed E-state index contributed by atoms with van der Waals surface area (Å²) >= 11 is 24.7. The van der Waals surface area contributed by atoms with Crippen LogP contribution in [-0.2, 0) is 24.1 Å². The van der Waals surface area contributed by atoms with Crippen molar-refractivity contribution in [1.82, 2.24) is 10.2 Å². The Kier molecular flexibility index (Phi) is 9.98. The van der Waals surface area contributed by atoms with Gasteiger partial charge in [-0.05, 0) is 85.6 Å². The second-order valence-electron chi connectivity index (χ2n) is 9.56. The van der Waals surface area contributed by atoms with Gasteiger partial charge in [0.25, 0.3) is 0 Å². The van der Waals surface area contributed by atoms with Crippen molar-refractivity contribution >= 4 is 52.3 Å². The monoisotopic (exact) mass is 562 g/mol. The number of amides is 1. The zero-order valence-corrected chi connectivity index (χ0v) is 23.1. The minimum absolute atomic E-state index is 0.0533. The molecule has 0 spiro atoms. The lowest BCUT2D eigenvalue weighted by atomic mass is 9.90. The highest BCUT2D eigenvalue weighted by atomic mass is 35.5. The van der Waals surface area contributed by atoms with E-state index in [1.54, 1.807) is 18.2 Å². The van der Waals surface area contributed by atoms with Gasteiger partial charge in [-0.3, -0.25) is 4.79 Å². The number of hydrogen-bond acceptors (Lipinski definition) is 2. The average Bonchev–Trinajstić information content (AvgIpc) is 2.85. The molecule has 1 heterocycles. The van der Waals surface area contributed by atoms with E-state index in [4.69, 9.17) is 46.4 Å². The second kappa shape index (κ2) is 13.2. The van der Waals surface area contributed by atoms with Crippen LogP contribution in [0.25, 0.3) is 0 Å². The van der Waals surface area contributed by atoms with Gasteiger partial charge < -0.3 is 10.2 Å². The lowest BCUT2D eigenvalue weighted by Crippen LogP contribution is -2.47. The maximum atomic E-state index is 13.0. The molecule has 1 aliphatic rings. The summed E-state index contributed by atoms with van der Waals surface area (Å²) in [6.07, 6.45) is 4.30. The number of rotatable bonds is 9. The number of nitrogens with zero attached hydrogens (tertiary/aromatic N) is 1. The van der Waals surface area contributed by atoms with Crippen LogP contribution in [-0.4, -0.2) is 36.5 Å². The first-order chi connectivity index (χ1) is 17.4. The topological polar surface area (TPSA) is 32.3 Å². The first-order valence-electron chi connectivity index (χ1n) is 12.3. The predicted octanol–water partition coefficient (Wildman–Crippen LogP) is 7.52. The molecule has 1 amide bonds. The molecule has 1 atom stereocenters. The van der Waals surface area contributed by atoms with Gasteiger partial charge in [0, 0.05) is 22.6 Å². The third kappa shape index (κ3) is 8.13. The molecule has 7 heteroatoms. The number of benzene rings is 3. The van der Waals surface area contributed by atoms with Crippen molar-refractivity contribution < 1.29 is 4.79 Å². The van der Waals surface area contributed by atoms with E-state index in [1.165, 1.54) is 5.56 Å². The summed E-state index contributed by atoms with van der Waals surface area (Å²) in [6.45, 7) is 2.81. The maximum Gasteiger partial charge on any atom is 0.224 e. The van der Waals surface area contributed by atoms with Crippen LogP contribution in [0.15, 0.2) is 66.7 Å². The molecule has 0 aliphatic carbocycles. The molecule has 190 valence electrons. The highest BCUT2D eigenvalue weighted by Gasteiger charge is 2.24. The smallest absolute Gasteiger partial charge is 0.224 e. The van der Waals surface area contributed by atoms with Crippen LogP contribution >= 0.6 is 46.4 Å². The molecule has 1 fully saturated rings. The van der Waals surface area contributed by atoms with Crippen molar-refractivity contribution in [3.8, 4) is 0 Å². The highest BCUT2D eigenvalue weighted by molar-refractivity contribution is 6.42. The molecule has 3 nitrogen and oxygen atoms in total. The van der Waals surface area contributed by atoms with E-state index in [-0.39, 0.29) is 18.4 Å². The third-order valence-electron chi connectivity index (χ3n) is 6.75. The van der Waals surface area contributed by atoms with Crippen LogP contribution in [0.1, 0.15) is 29.5 Å². The van der Waals surface area contributed by atoms with Gasteiger partial charge in [-0.15, -0.1) is 0 Å². The Morgan fingerprint density at radius 2 is 1.61 bits per heavy atom. The van der Waals surface area contributed by atoms with Gasteiger partial charge >= 0.3 is 0 Å². The minimum Gasteiger partial charge on any atom is -0.351 e. The number of likely N-dealkylation sites (tertiary alicyclic amines) is 1. The lowest BCUT2D eigenvalue weighted by Gasteiger charge is -2.34. The summed E-state index contributed by atoms with van der Waals surface area (Å²) in [5.74, 6) is 0.638. The Labute approximate surface area is 233 Å². The molecule has 0 aromatic heterocycles. The van der Waals surface area contributed by atoms with Gasteiger partial charge in [0.2, 0.25) is 5.91 Å². The largest absolute Gasteiger partial charge is 0.351 e. The molecule has 0 radical (unpaired) electrons. The lowest BCUT2D eigenvalue weighted by molar-refractivity contribution is -0.121. The quantitative estimate of drug-likeness (QED) is 0.292. The fourth-order valence-electron chi connectivity index (χ4n) is 4.86. The second-order valence-corrected chi connectivity index (χ2v) is 11.2. The van der Waals surface area contributed by atoms with Crippen molar-refractivity contribution in [2.45, 2.75) is 38.1 Å². The molecule has 3 aromatic rings. The maximum absolute atomic E-state index is 13.0. The van der Waals surface area contributed by atoms with Crippen LogP contribution in [0, 0.1) is 5.92 Å². The van der Waals surface area contributed by atoms with Gasteiger partial charge in [0.15, 0.2) is 0 Å². The van der Waals surface area contributed by atoms with E-state index >= 15 is 0 Å². The summed E-state index contributed by atoms with van der Waals surface area (Å²) in [6, 6.07) is 21.4. The van der Waals surface area contributed by atoms with E-state index in [0.717, 1.165) is 50.0 Å². The van der Waals surface area contributed by atoms with Gasteiger partial charge in [-0.2, -0.15) is 0 Å². The Balaban J connectivity index is 1.38. The van der Waals surface area contributed by atoms with Crippen molar-refractivity contribution in [1.29, 1.82) is 0 Å². The number of carbonyl (C=O) groups is 1. The number of carbonyl (C=O) groups excluding carboxylic acids is 1. The van der Waals surface area contributed by atoms with Crippen LogP contribution in [0.2, 0.25) is 20.1 Å². The van der Waals surface area contributed by atoms with Gasteiger partial charge in [-0.1, -0.05) is 88.9 Å². The molecule has 1 saturated heterocycles. The molecular formula is C29H30Cl4N2O. The van der Waals surface area contributed by atoms with Crippen LogP contribution < -0.4 is 5.32 Å². The molecule has 1 N–H and O–H groups in total. The normalized spacial score (nSPS) is 15.6. The Morgan fingerprint density at radius 1 is 0.861 bits per heavy atom. The van der Waals surface area contributed by atoms with Crippen molar-refractivity contribution in [2.75, 3.05) is 19.6 Å². The molecule has 4 rings (SSSR count). The zero-order chi connectivity index (χ0) is 25.5. The van der Waals surface area contributed by atoms with Crippen molar-refractivity contribution in [2.24, 2.45) is 5.92 Å². The van der Waals surface area contributed by atoms with Gasteiger partial charge in [0.05, 0.1) is 16.5 Å². The number of piperidine rings is 1. The van der Waals surface area contributed by atoms with E-state index in [2.05, 4.69) is 40.5 Å². The number of nitrogens with one attached hydrogen (secondary N) is 1. The molecular weight excluding hydrogens is 534 g/mol.